The molecule has 0 saturated carbocycles. The van der Waals surface area contributed by atoms with E-state index in [2.05, 4.69) is 10.3 Å². The number of halogens is 2. The molecule has 0 aliphatic rings. The normalized spacial score (nSPS) is 10.9. The third kappa shape index (κ3) is 4.41. The summed E-state index contributed by atoms with van der Waals surface area (Å²) >= 11 is 0. The standard InChI is InChI=1S/C15H16F2N2/c16-15(17)13-6-4-12(5-7-13)11-18-10-8-14-3-1-2-9-19-14/h1-7,9,15,18H,8,10-11H2. The van der Waals surface area contributed by atoms with Gasteiger partial charge in [-0.1, -0.05) is 30.3 Å². The van der Waals surface area contributed by atoms with Crippen LogP contribution in [0.3, 0.4) is 0 Å². The lowest BCUT2D eigenvalue weighted by Gasteiger charge is -2.06. The summed E-state index contributed by atoms with van der Waals surface area (Å²) in [6.45, 7) is 1.49. The van der Waals surface area contributed by atoms with Gasteiger partial charge in [0.15, 0.2) is 0 Å². The van der Waals surface area contributed by atoms with Crippen LogP contribution in [0.4, 0.5) is 8.78 Å². The quantitative estimate of drug-likeness (QED) is 0.807. The number of hydrogen-bond donors (Lipinski definition) is 1. The first-order valence-corrected chi connectivity index (χ1v) is 6.23. The molecule has 0 aliphatic carbocycles. The van der Waals surface area contributed by atoms with Crippen molar-refractivity contribution in [1.29, 1.82) is 0 Å². The minimum atomic E-state index is -2.40. The van der Waals surface area contributed by atoms with Crippen molar-refractivity contribution in [3.8, 4) is 0 Å². The summed E-state index contributed by atoms with van der Waals surface area (Å²) in [5.74, 6) is 0. The fourth-order valence-corrected chi connectivity index (χ4v) is 1.78. The number of nitrogens with zero attached hydrogens (tertiary/aromatic N) is 1. The minimum Gasteiger partial charge on any atom is -0.312 e. The van der Waals surface area contributed by atoms with E-state index in [1.54, 1.807) is 18.3 Å². The molecule has 0 unspecified atom stereocenters. The second kappa shape index (κ2) is 6.95. The molecule has 19 heavy (non-hydrogen) atoms. The zero-order chi connectivity index (χ0) is 13.5. The molecule has 1 N–H and O–H groups in total. The Morgan fingerprint density at radius 2 is 1.84 bits per heavy atom. The molecule has 0 amide bonds. The van der Waals surface area contributed by atoms with Crippen LogP contribution in [0, 0.1) is 0 Å². The Kier molecular flexibility index (Phi) is 4.98. The largest absolute Gasteiger partial charge is 0.312 e. The van der Waals surface area contributed by atoms with Gasteiger partial charge in [0.05, 0.1) is 0 Å². The van der Waals surface area contributed by atoms with Crippen LogP contribution in [-0.2, 0) is 13.0 Å². The van der Waals surface area contributed by atoms with Gasteiger partial charge in [0.1, 0.15) is 0 Å². The highest BCUT2D eigenvalue weighted by Crippen LogP contribution is 2.18. The third-order valence-electron chi connectivity index (χ3n) is 2.84. The molecule has 1 heterocycles. The maximum Gasteiger partial charge on any atom is 0.263 e. The smallest absolute Gasteiger partial charge is 0.263 e. The summed E-state index contributed by atoms with van der Waals surface area (Å²) < 4.78 is 24.7. The highest BCUT2D eigenvalue weighted by molar-refractivity contribution is 5.23. The lowest BCUT2D eigenvalue weighted by atomic mass is 10.1. The fourth-order valence-electron chi connectivity index (χ4n) is 1.78. The molecule has 4 heteroatoms. The van der Waals surface area contributed by atoms with Crippen LogP contribution in [0.5, 0.6) is 0 Å². The molecule has 0 bridgehead atoms. The zero-order valence-corrected chi connectivity index (χ0v) is 10.5. The lowest BCUT2D eigenvalue weighted by molar-refractivity contribution is 0.151. The Bertz CT molecular complexity index is 483. The highest BCUT2D eigenvalue weighted by atomic mass is 19.3. The van der Waals surface area contributed by atoms with Crippen LogP contribution in [0.1, 0.15) is 23.2 Å². The van der Waals surface area contributed by atoms with Crippen LogP contribution in [-0.4, -0.2) is 11.5 Å². The van der Waals surface area contributed by atoms with E-state index in [-0.39, 0.29) is 5.56 Å². The molecule has 1 aromatic carbocycles. The van der Waals surface area contributed by atoms with E-state index in [9.17, 15) is 8.78 Å². The Labute approximate surface area is 111 Å². The van der Waals surface area contributed by atoms with E-state index in [0.717, 1.165) is 24.2 Å². The average molecular weight is 262 g/mol. The molecule has 2 aromatic rings. The number of pyridine rings is 1. The van der Waals surface area contributed by atoms with Crippen LogP contribution >= 0.6 is 0 Å². The van der Waals surface area contributed by atoms with Crippen LogP contribution in [0.2, 0.25) is 0 Å². The third-order valence-corrected chi connectivity index (χ3v) is 2.84. The van der Waals surface area contributed by atoms with Crippen LogP contribution in [0.15, 0.2) is 48.7 Å². The van der Waals surface area contributed by atoms with E-state index in [0.29, 0.717) is 6.54 Å². The van der Waals surface area contributed by atoms with Gasteiger partial charge in [-0.3, -0.25) is 4.98 Å². The molecular weight excluding hydrogens is 246 g/mol. The van der Waals surface area contributed by atoms with E-state index in [1.807, 2.05) is 18.2 Å². The van der Waals surface area contributed by atoms with Crippen molar-refractivity contribution in [1.82, 2.24) is 10.3 Å². The number of alkyl halides is 2. The SMILES string of the molecule is FC(F)c1ccc(CNCCc2ccccn2)cc1. The average Bonchev–Trinajstić information content (AvgIpc) is 2.45. The second-order valence-electron chi connectivity index (χ2n) is 4.29. The Hall–Kier alpha value is -1.81. The molecule has 2 rings (SSSR count). The van der Waals surface area contributed by atoms with E-state index in [1.165, 1.54) is 12.1 Å². The Morgan fingerprint density at radius 1 is 1.05 bits per heavy atom. The van der Waals surface area contributed by atoms with Gasteiger partial charge in [-0.25, -0.2) is 8.78 Å². The van der Waals surface area contributed by atoms with Crippen LogP contribution < -0.4 is 5.32 Å². The summed E-state index contributed by atoms with van der Waals surface area (Å²) in [4.78, 5) is 4.23. The predicted octanol–water partition coefficient (Wildman–Crippen LogP) is 3.35. The summed E-state index contributed by atoms with van der Waals surface area (Å²) in [5.41, 5.74) is 2.12. The molecule has 0 radical (unpaired) electrons. The molecule has 0 saturated heterocycles. The molecule has 100 valence electrons. The Morgan fingerprint density at radius 3 is 2.47 bits per heavy atom. The number of aromatic nitrogens is 1. The van der Waals surface area contributed by atoms with Gasteiger partial charge in [0.2, 0.25) is 0 Å². The molecule has 2 nitrogen and oxygen atoms in total. The van der Waals surface area contributed by atoms with Crippen molar-refractivity contribution in [3.05, 3.63) is 65.5 Å². The summed E-state index contributed by atoms with van der Waals surface area (Å²) in [5, 5.41) is 3.27. The van der Waals surface area contributed by atoms with Crippen molar-refractivity contribution < 1.29 is 8.78 Å². The molecule has 0 fully saturated rings. The number of hydrogen-bond acceptors (Lipinski definition) is 2. The fraction of sp³-hybridized carbons (Fsp3) is 0.267. The van der Waals surface area contributed by atoms with E-state index < -0.39 is 6.43 Å². The van der Waals surface area contributed by atoms with Gasteiger partial charge in [0, 0.05) is 37.0 Å². The first-order valence-electron chi connectivity index (χ1n) is 6.23. The van der Waals surface area contributed by atoms with Gasteiger partial charge < -0.3 is 5.32 Å². The summed E-state index contributed by atoms with van der Waals surface area (Å²) in [6.07, 6.45) is 0.236. The van der Waals surface area contributed by atoms with Crippen molar-refractivity contribution in [2.45, 2.75) is 19.4 Å². The van der Waals surface area contributed by atoms with Crippen molar-refractivity contribution in [2.24, 2.45) is 0 Å². The molecule has 0 spiro atoms. The molecule has 0 aliphatic heterocycles. The Balaban J connectivity index is 1.74. The summed E-state index contributed by atoms with van der Waals surface area (Å²) in [6, 6.07) is 12.2. The molecule has 1 aromatic heterocycles. The van der Waals surface area contributed by atoms with E-state index in [4.69, 9.17) is 0 Å². The topological polar surface area (TPSA) is 24.9 Å². The highest BCUT2D eigenvalue weighted by Gasteiger charge is 2.05. The molecular formula is C15H16F2N2. The van der Waals surface area contributed by atoms with Crippen molar-refractivity contribution in [3.63, 3.8) is 0 Å². The van der Waals surface area contributed by atoms with Crippen molar-refractivity contribution in [2.75, 3.05) is 6.54 Å². The van der Waals surface area contributed by atoms with Gasteiger partial charge in [-0.2, -0.15) is 0 Å². The predicted molar refractivity (Wildman–Crippen MR) is 71.0 cm³/mol. The number of benzene rings is 1. The maximum atomic E-state index is 12.4. The second-order valence-corrected chi connectivity index (χ2v) is 4.29. The van der Waals surface area contributed by atoms with Gasteiger partial charge in [0.25, 0.3) is 6.43 Å². The monoisotopic (exact) mass is 262 g/mol. The number of rotatable bonds is 6. The van der Waals surface area contributed by atoms with Gasteiger partial charge in [-0.15, -0.1) is 0 Å². The summed E-state index contributed by atoms with van der Waals surface area (Å²) in [7, 11) is 0. The van der Waals surface area contributed by atoms with Gasteiger partial charge in [-0.05, 0) is 17.7 Å². The van der Waals surface area contributed by atoms with Crippen molar-refractivity contribution >= 4 is 0 Å². The number of nitrogens with one attached hydrogen (secondary N) is 1. The lowest BCUT2D eigenvalue weighted by Crippen LogP contribution is -2.17. The first-order chi connectivity index (χ1) is 9.25. The zero-order valence-electron chi connectivity index (χ0n) is 10.5. The molecule has 0 atom stereocenters. The first kappa shape index (κ1) is 13.6. The maximum absolute atomic E-state index is 12.4. The van der Waals surface area contributed by atoms with Gasteiger partial charge >= 0.3 is 0 Å². The van der Waals surface area contributed by atoms with E-state index >= 15 is 0 Å². The van der Waals surface area contributed by atoms with Crippen LogP contribution in [0.25, 0.3) is 0 Å². The minimum absolute atomic E-state index is 0.0669.